The maximum atomic E-state index is 13.6. The fourth-order valence-electron chi connectivity index (χ4n) is 1.55. The van der Waals surface area contributed by atoms with Crippen molar-refractivity contribution in [2.45, 2.75) is 18.8 Å². The minimum atomic E-state index is -0.956. The highest BCUT2D eigenvalue weighted by molar-refractivity contribution is 14.1. The number of hydrogen-bond acceptors (Lipinski definition) is 1. The van der Waals surface area contributed by atoms with Crippen molar-refractivity contribution in [1.29, 1.82) is 0 Å². The molecule has 0 aromatic heterocycles. The third kappa shape index (κ3) is 2.34. The van der Waals surface area contributed by atoms with Crippen LogP contribution in [0.1, 0.15) is 24.3 Å². The van der Waals surface area contributed by atoms with E-state index < -0.39 is 11.6 Å². The molecule has 0 atom stereocenters. The summed E-state index contributed by atoms with van der Waals surface area (Å²) in [6, 6.07) is 2.98. The van der Waals surface area contributed by atoms with E-state index in [0.717, 1.165) is 12.8 Å². The highest BCUT2D eigenvalue weighted by Crippen LogP contribution is 2.42. The number of carbonyl (C=O) groups excluding carboxylic acids is 1. The van der Waals surface area contributed by atoms with Crippen LogP contribution in [0.3, 0.4) is 0 Å². The van der Waals surface area contributed by atoms with Crippen LogP contribution in [-0.2, 0) is 4.79 Å². The highest BCUT2D eigenvalue weighted by Gasteiger charge is 2.28. The molecule has 0 saturated heterocycles. The monoisotopic (exact) mass is 337 g/mol. The number of alkyl halides is 1. The molecule has 1 saturated carbocycles. The number of amides is 1. The van der Waals surface area contributed by atoms with Crippen LogP contribution in [0.25, 0.3) is 0 Å². The number of anilines is 1. The third-order valence-corrected chi connectivity index (χ3v) is 3.22. The minimum absolute atomic E-state index is 0.0800. The molecule has 86 valence electrons. The van der Waals surface area contributed by atoms with Crippen molar-refractivity contribution >= 4 is 34.2 Å². The molecule has 0 unspecified atom stereocenters. The molecule has 1 amide bonds. The third-order valence-electron chi connectivity index (χ3n) is 2.52. The molecule has 2 rings (SSSR count). The number of hydrogen-bond donors (Lipinski definition) is 1. The minimum Gasteiger partial charge on any atom is -0.323 e. The lowest BCUT2D eigenvalue weighted by Crippen LogP contribution is -2.14. The molecule has 0 radical (unpaired) electrons. The molecule has 2 nitrogen and oxygen atoms in total. The van der Waals surface area contributed by atoms with Gasteiger partial charge in [0.1, 0.15) is 0 Å². The zero-order chi connectivity index (χ0) is 11.7. The van der Waals surface area contributed by atoms with E-state index in [9.17, 15) is 13.6 Å². The number of benzene rings is 1. The van der Waals surface area contributed by atoms with E-state index >= 15 is 0 Å². The fourth-order valence-corrected chi connectivity index (χ4v) is 1.74. The van der Waals surface area contributed by atoms with Gasteiger partial charge in [-0.25, -0.2) is 8.78 Å². The number of nitrogens with one attached hydrogen (secondary N) is 1. The Morgan fingerprint density at radius 3 is 2.62 bits per heavy atom. The Labute approximate surface area is 106 Å². The van der Waals surface area contributed by atoms with Gasteiger partial charge in [-0.1, -0.05) is 28.7 Å². The van der Waals surface area contributed by atoms with Gasteiger partial charge >= 0.3 is 0 Å². The van der Waals surface area contributed by atoms with E-state index in [-0.39, 0.29) is 21.9 Å². The molecule has 1 aliphatic carbocycles. The molecule has 16 heavy (non-hydrogen) atoms. The summed E-state index contributed by atoms with van der Waals surface area (Å²) in [6.45, 7) is 0. The molecule has 1 aliphatic rings. The summed E-state index contributed by atoms with van der Waals surface area (Å²) in [5.74, 6) is -1.96. The van der Waals surface area contributed by atoms with Crippen LogP contribution in [0.2, 0.25) is 0 Å². The summed E-state index contributed by atoms with van der Waals surface area (Å²) < 4.78 is 27.3. The van der Waals surface area contributed by atoms with Gasteiger partial charge in [0.2, 0.25) is 5.91 Å². The summed E-state index contributed by atoms with van der Waals surface area (Å²) in [5, 5.41) is 2.33. The van der Waals surface area contributed by atoms with Crippen LogP contribution in [-0.4, -0.2) is 10.3 Å². The van der Waals surface area contributed by atoms with Crippen molar-refractivity contribution in [1.82, 2.24) is 0 Å². The molecule has 0 heterocycles. The van der Waals surface area contributed by atoms with Crippen molar-refractivity contribution in [2.24, 2.45) is 0 Å². The van der Waals surface area contributed by atoms with Gasteiger partial charge in [0.25, 0.3) is 0 Å². The Morgan fingerprint density at radius 2 is 2.06 bits per heavy atom. The zero-order valence-electron chi connectivity index (χ0n) is 8.40. The van der Waals surface area contributed by atoms with E-state index in [1.54, 1.807) is 6.07 Å². The van der Waals surface area contributed by atoms with Crippen LogP contribution in [0.5, 0.6) is 0 Å². The Kier molecular flexibility index (Phi) is 3.41. The lowest BCUT2D eigenvalue weighted by Gasteiger charge is -2.08. The van der Waals surface area contributed by atoms with Crippen LogP contribution in [0.15, 0.2) is 12.1 Å². The van der Waals surface area contributed by atoms with E-state index in [0.29, 0.717) is 5.56 Å². The van der Waals surface area contributed by atoms with Crippen molar-refractivity contribution in [3.63, 3.8) is 0 Å². The quantitative estimate of drug-likeness (QED) is 0.666. The van der Waals surface area contributed by atoms with Crippen molar-refractivity contribution in [2.75, 3.05) is 9.74 Å². The van der Waals surface area contributed by atoms with Gasteiger partial charge in [-0.15, -0.1) is 0 Å². The first kappa shape index (κ1) is 11.8. The van der Waals surface area contributed by atoms with Gasteiger partial charge in [-0.2, -0.15) is 0 Å². The normalized spacial score (nSPS) is 14.9. The molecule has 0 aliphatic heterocycles. The largest absolute Gasteiger partial charge is 0.323 e. The molecule has 0 spiro atoms. The first-order valence-corrected chi connectivity index (χ1v) is 6.49. The highest BCUT2D eigenvalue weighted by atomic mass is 127. The second-order valence-electron chi connectivity index (χ2n) is 3.79. The topological polar surface area (TPSA) is 29.1 Å². The van der Waals surface area contributed by atoms with E-state index in [1.165, 1.54) is 6.07 Å². The van der Waals surface area contributed by atoms with Crippen LogP contribution >= 0.6 is 22.6 Å². The fraction of sp³-hybridized carbons (Fsp3) is 0.364. The summed E-state index contributed by atoms with van der Waals surface area (Å²) in [5.41, 5.74) is 0.341. The number of rotatable bonds is 3. The average molecular weight is 337 g/mol. The van der Waals surface area contributed by atoms with Gasteiger partial charge in [-0.05, 0) is 30.4 Å². The lowest BCUT2D eigenvalue weighted by atomic mass is 10.1. The summed E-state index contributed by atoms with van der Waals surface area (Å²) in [4.78, 5) is 11.1. The van der Waals surface area contributed by atoms with Crippen LogP contribution in [0.4, 0.5) is 14.5 Å². The second kappa shape index (κ2) is 4.65. The van der Waals surface area contributed by atoms with Crippen molar-refractivity contribution in [3.8, 4) is 0 Å². The molecule has 1 aromatic rings. The van der Waals surface area contributed by atoms with Crippen molar-refractivity contribution in [3.05, 3.63) is 29.3 Å². The predicted octanol–water partition coefficient (Wildman–Crippen LogP) is 3.22. The SMILES string of the molecule is O=C(CI)Nc1ccc(C2CC2)c(F)c1F. The Balaban J connectivity index is 2.27. The Bertz CT molecular complexity index is 432. The molecule has 5 heteroatoms. The second-order valence-corrected chi connectivity index (χ2v) is 4.55. The lowest BCUT2D eigenvalue weighted by molar-refractivity contribution is -0.113. The smallest absolute Gasteiger partial charge is 0.234 e. The molecular formula is C11H10F2INO. The predicted molar refractivity (Wildman–Crippen MR) is 65.8 cm³/mol. The molecule has 1 N–H and O–H groups in total. The van der Waals surface area contributed by atoms with E-state index in [4.69, 9.17) is 0 Å². The first-order valence-electron chi connectivity index (χ1n) is 4.97. The summed E-state index contributed by atoms with van der Waals surface area (Å²) in [6.07, 6.45) is 1.83. The van der Waals surface area contributed by atoms with Gasteiger partial charge in [0.05, 0.1) is 10.1 Å². The molecule has 1 aromatic carbocycles. The maximum absolute atomic E-state index is 13.6. The average Bonchev–Trinajstić information content (AvgIpc) is 3.09. The van der Waals surface area contributed by atoms with E-state index in [2.05, 4.69) is 5.32 Å². The van der Waals surface area contributed by atoms with Gasteiger partial charge in [0, 0.05) is 0 Å². The molecule has 0 bridgehead atoms. The van der Waals surface area contributed by atoms with Crippen molar-refractivity contribution < 1.29 is 13.6 Å². The summed E-state index contributed by atoms with van der Waals surface area (Å²) >= 11 is 1.86. The Morgan fingerprint density at radius 1 is 1.38 bits per heavy atom. The van der Waals surface area contributed by atoms with Gasteiger partial charge < -0.3 is 5.32 Å². The molecular weight excluding hydrogens is 327 g/mol. The maximum Gasteiger partial charge on any atom is 0.234 e. The van der Waals surface area contributed by atoms with Crippen LogP contribution < -0.4 is 5.32 Å². The number of carbonyl (C=O) groups is 1. The Hall–Kier alpha value is -0.720. The van der Waals surface area contributed by atoms with Gasteiger partial charge in [-0.3, -0.25) is 4.79 Å². The van der Waals surface area contributed by atoms with E-state index in [1.807, 2.05) is 22.6 Å². The number of halogens is 3. The first-order chi connectivity index (χ1) is 7.63. The zero-order valence-corrected chi connectivity index (χ0v) is 10.6. The summed E-state index contributed by atoms with van der Waals surface area (Å²) in [7, 11) is 0. The van der Waals surface area contributed by atoms with Crippen LogP contribution in [0, 0.1) is 11.6 Å². The molecule has 1 fully saturated rings. The van der Waals surface area contributed by atoms with Gasteiger partial charge in [0.15, 0.2) is 11.6 Å². The standard InChI is InChI=1S/C11H10F2INO/c12-10-7(6-1-2-6)3-4-8(11(10)13)15-9(16)5-14/h3-4,6H,1-2,5H2,(H,15,16).